The Bertz CT molecular complexity index is 2010. The van der Waals surface area contributed by atoms with Gasteiger partial charge in [0.2, 0.25) is 0 Å². The molecule has 0 radical (unpaired) electrons. The summed E-state index contributed by atoms with van der Waals surface area (Å²) in [6.45, 7) is 5.54. The summed E-state index contributed by atoms with van der Waals surface area (Å²) in [7, 11) is 0. The van der Waals surface area contributed by atoms with E-state index in [1.807, 2.05) is 137 Å². The number of fused-ring (bicyclic) bond motifs is 2. The Morgan fingerprint density at radius 3 is 1.72 bits per heavy atom. The summed E-state index contributed by atoms with van der Waals surface area (Å²) >= 11 is 0. The molecule has 278 valence electrons. The maximum atomic E-state index is 12.9. The standard InChI is InChI=1S/C24H25O2P.C14H16O3.C8H6O2/c1-3-20(2)26-24(25)19-27(21-13-7-4-8-14-21,22-15-9-5-10-16-22)23-17-11-6-12-18-23;1-3-10(2)16-14(15)9-12-8-11-6-4-5-7-13(11)17-12;9-8-5-6-3-1-2-4-7(6)10-8/h4-20H,3H2,1-2H3;4-8,10H,3,9H2,1-2H3;1-4H,5H2/t;10-;/m.0./s1. The van der Waals surface area contributed by atoms with Crippen molar-refractivity contribution >= 4 is 57.5 Å². The van der Waals surface area contributed by atoms with Crippen LogP contribution in [-0.4, -0.2) is 35.9 Å². The van der Waals surface area contributed by atoms with Crippen molar-refractivity contribution in [2.45, 2.75) is 65.6 Å². The molecule has 8 heteroatoms. The van der Waals surface area contributed by atoms with Gasteiger partial charge in [0.05, 0.1) is 18.6 Å². The van der Waals surface area contributed by atoms with Crippen molar-refractivity contribution in [3.05, 3.63) is 157 Å². The summed E-state index contributed by atoms with van der Waals surface area (Å²) in [5.41, 5.74) is 1.80. The molecular formula is C46H47O7P. The molecule has 0 aliphatic carbocycles. The number of hydrogen-bond acceptors (Lipinski definition) is 7. The minimum absolute atomic E-state index is 0.0353. The van der Waals surface area contributed by atoms with Gasteiger partial charge in [0, 0.05) is 16.7 Å². The molecule has 6 aromatic rings. The second-order valence-electron chi connectivity index (χ2n) is 12.9. The topological polar surface area (TPSA) is 92.0 Å². The normalized spacial score (nSPS) is 12.8. The second-order valence-corrected chi connectivity index (χ2v) is 16.2. The summed E-state index contributed by atoms with van der Waals surface area (Å²) in [6.07, 6.45) is 2.11. The number of rotatable bonds is 10. The first-order chi connectivity index (χ1) is 26.2. The van der Waals surface area contributed by atoms with E-state index in [4.69, 9.17) is 18.6 Å². The Hall–Kier alpha value is -5.65. The lowest BCUT2D eigenvalue weighted by Gasteiger charge is -2.28. The Balaban J connectivity index is 0.000000175. The van der Waals surface area contributed by atoms with E-state index in [0.29, 0.717) is 17.9 Å². The first kappa shape index (κ1) is 39.6. The van der Waals surface area contributed by atoms with Gasteiger partial charge < -0.3 is 18.6 Å². The summed E-state index contributed by atoms with van der Waals surface area (Å²) in [4.78, 5) is 35.2. The van der Waals surface area contributed by atoms with Crippen molar-refractivity contribution in [3.63, 3.8) is 0 Å². The molecule has 5 aromatic carbocycles. The molecule has 2 heterocycles. The number of benzene rings is 5. The summed E-state index contributed by atoms with van der Waals surface area (Å²) in [5, 5.41) is 4.44. The van der Waals surface area contributed by atoms with Gasteiger partial charge in [-0.15, -0.1) is 0 Å². The van der Waals surface area contributed by atoms with Gasteiger partial charge in [-0.1, -0.05) is 141 Å². The molecule has 1 aromatic heterocycles. The third-order valence-corrected chi connectivity index (χ3v) is 12.9. The minimum atomic E-state index is -2.28. The summed E-state index contributed by atoms with van der Waals surface area (Å²) in [6, 6.07) is 47.9. The fraction of sp³-hybridized carbons (Fsp3) is 0.217. The van der Waals surface area contributed by atoms with Crippen LogP contribution in [0.3, 0.4) is 0 Å². The lowest BCUT2D eigenvalue weighted by atomic mass is 10.2. The van der Waals surface area contributed by atoms with E-state index in [0.717, 1.165) is 45.3 Å². The van der Waals surface area contributed by atoms with Gasteiger partial charge in [0.25, 0.3) is 0 Å². The molecule has 1 unspecified atom stereocenters. The molecule has 1 aliphatic rings. The Kier molecular flexibility index (Phi) is 14.2. The fourth-order valence-corrected chi connectivity index (χ4v) is 9.46. The Morgan fingerprint density at radius 1 is 0.685 bits per heavy atom. The zero-order valence-corrected chi connectivity index (χ0v) is 32.1. The van der Waals surface area contributed by atoms with Gasteiger partial charge in [-0.3, -0.25) is 9.59 Å². The summed E-state index contributed by atoms with van der Waals surface area (Å²) < 4.78 is 21.3. The number of ether oxygens (including phenoxy) is 3. The molecular weight excluding hydrogens is 695 g/mol. The second kappa shape index (κ2) is 19.4. The van der Waals surface area contributed by atoms with Crippen LogP contribution in [0.5, 0.6) is 5.75 Å². The van der Waals surface area contributed by atoms with E-state index in [1.54, 1.807) is 6.07 Å². The van der Waals surface area contributed by atoms with Crippen LogP contribution in [0.4, 0.5) is 0 Å². The molecule has 0 fully saturated rings. The first-order valence-electron chi connectivity index (χ1n) is 18.3. The lowest BCUT2D eigenvalue weighted by Crippen LogP contribution is -2.29. The number of carbonyl (C=O) groups excluding carboxylic acids is 3. The highest BCUT2D eigenvalue weighted by molar-refractivity contribution is 7.95. The molecule has 0 spiro atoms. The van der Waals surface area contributed by atoms with Crippen LogP contribution in [0.25, 0.3) is 11.0 Å². The van der Waals surface area contributed by atoms with Crippen LogP contribution < -0.4 is 20.7 Å². The Labute approximate surface area is 317 Å². The van der Waals surface area contributed by atoms with Crippen molar-refractivity contribution in [1.29, 1.82) is 0 Å². The quantitative estimate of drug-likeness (QED) is 0.0789. The minimum Gasteiger partial charge on any atom is -0.462 e. The third-order valence-electron chi connectivity index (χ3n) is 8.92. The van der Waals surface area contributed by atoms with Crippen LogP contribution in [0, 0.1) is 0 Å². The molecule has 1 aliphatic heterocycles. The zero-order chi connectivity index (χ0) is 38.3. The zero-order valence-electron chi connectivity index (χ0n) is 31.2. The van der Waals surface area contributed by atoms with Crippen LogP contribution in [-0.2, 0) is 36.7 Å². The number of para-hydroxylation sites is 2. The molecule has 0 N–H and O–H groups in total. The van der Waals surface area contributed by atoms with Crippen molar-refractivity contribution in [1.82, 2.24) is 0 Å². The molecule has 7 nitrogen and oxygen atoms in total. The van der Waals surface area contributed by atoms with Crippen LogP contribution in [0.1, 0.15) is 51.9 Å². The largest absolute Gasteiger partial charge is 0.462 e. The SMILES string of the molecule is CCC(C)OC(=O)C=P(c1ccccc1)(c1ccccc1)c1ccccc1.CC[C@H](C)OC(=O)Cc1cc2ccccc2o1.O=C1Cc2ccccc2O1. The Morgan fingerprint density at radius 2 is 1.19 bits per heavy atom. The summed E-state index contributed by atoms with van der Waals surface area (Å²) in [5.74, 6) is 2.56. The number of carbonyl (C=O) groups is 3. The van der Waals surface area contributed by atoms with Gasteiger partial charge >= 0.3 is 17.9 Å². The van der Waals surface area contributed by atoms with E-state index in [9.17, 15) is 14.4 Å². The monoisotopic (exact) mass is 742 g/mol. The molecule has 7 rings (SSSR count). The van der Waals surface area contributed by atoms with Crippen LogP contribution >= 0.6 is 6.89 Å². The van der Waals surface area contributed by atoms with Gasteiger partial charge in [-0.2, -0.15) is 0 Å². The van der Waals surface area contributed by atoms with Crippen LogP contribution in [0.2, 0.25) is 0 Å². The molecule has 2 atom stereocenters. The van der Waals surface area contributed by atoms with Gasteiger partial charge in [-0.05, 0) is 67.7 Å². The molecule has 0 saturated carbocycles. The van der Waals surface area contributed by atoms with Crippen molar-refractivity contribution < 1.29 is 33.0 Å². The maximum absolute atomic E-state index is 12.9. The molecule has 0 bridgehead atoms. The highest BCUT2D eigenvalue weighted by Crippen LogP contribution is 2.43. The smallest absolute Gasteiger partial charge is 0.332 e. The number of furan rings is 1. The highest BCUT2D eigenvalue weighted by atomic mass is 31.2. The van der Waals surface area contributed by atoms with Crippen molar-refractivity contribution in [3.8, 4) is 5.75 Å². The van der Waals surface area contributed by atoms with Gasteiger partial charge in [0.15, 0.2) is 0 Å². The average Bonchev–Trinajstić information content (AvgIpc) is 3.80. The van der Waals surface area contributed by atoms with Gasteiger partial charge in [-0.25, -0.2) is 4.79 Å². The highest BCUT2D eigenvalue weighted by Gasteiger charge is 2.27. The van der Waals surface area contributed by atoms with E-state index in [2.05, 4.69) is 36.4 Å². The fourth-order valence-electron chi connectivity index (χ4n) is 5.81. The van der Waals surface area contributed by atoms with E-state index >= 15 is 0 Å². The molecule has 54 heavy (non-hydrogen) atoms. The van der Waals surface area contributed by atoms with Crippen LogP contribution in [0.15, 0.2) is 150 Å². The molecule has 0 amide bonds. The van der Waals surface area contributed by atoms with E-state index in [-0.39, 0.29) is 36.5 Å². The van der Waals surface area contributed by atoms with E-state index in [1.165, 1.54) is 0 Å². The van der Waals surface area contributed by atoms with Crippen molar-refractivity contribution in [2.75, 3.05) is 0 Å². The van der Waals surface area contributed by atoms with Crippen molar-refractivity contribution in [2.24, 2.45) is 0 Å². The maximum Gasteiger partial charge on any atom is 0.332 e. The predicted octanol–water partition coefficient (Wildman–Crippen LogP) is 8.59. The average molecular weight is 743 g/mol. The van der Waals surface area contributed by atoms with Gasteiger partial charge in [0.1, 0.15) is 23.5 Å². The van der Waals surface area contributed by atoms with E-state index < -0.39 is 6.89 Å². The lowest BCUT2D eigenvalue weighted by molar-refractivity contribution is -0.147. The molecule has 0 saturated heterocycles. The first-order valence-corrected chi connectivity index (χ1v) is 20.1. The predicted molar refractivity (Wildman–Crippen MR) is 219 cm³/mol. The number of hydrogen-bond donors (Lipinski definition) is 0. The number of esters is 3. The third kappa shape index (κ3) is 10.5.